The first-order chi connectivity index (χ1) is 12.2. The van der Waals surface area contributed by atoms with Crippen LogP contribution in [0.5, 0.6) is 5.75 Å². The summed E-state index contributed by atoms with van der Waals surface area (Å²) >= 11 is 0. The zero-order valence-electron chi connectivity index (χ0n) is 14.4. The largest absolute Gasteiger partial charge is 0.497 e. The molecule has 0 spiro atoms. The second-order valence-corrected chi connectivity index (χ2v) is 6.28. The van der Waals surface area contributed by atoms with Crippen LogP contribution in [0.4, 0.5) is 15.8 Å². The Hall–Kier alpha value is -2.56. The molecule has 5 heteroatoms. The van der Waals surface area contributed by atoms with Gasteiger partial charge in [0.1, 0.15) is 11.6 Å². The van der Waals surface area contributed by atoms with Crippen LogP contribution in [0.2, 0.25) is 0 Å². The summed E-state index contributed by atoms with van der Waals surface area (Å²) in [6.45, 7) is 1.95. The molecular formula is C20H23FN2O2. The number of carbonyl (C=O) groups is 1. The molecule has 25 heavy (non-hydrogen) atoms. The molecule has 4 nitrogen and oxygen atoms in total. The molecule has 0 aromatic heterocycles. The van der Waals surface area contributed by atoms with Crippen LogP contribution >= 0.6 is 0 Å². The van der Waals surface area contributed by atoms with Crippen LogP contribution in [-0.4, -0.2) is 26.1 Å². The number of hydrogen-bond donors (Lipinski definition) is 1. The molecule has 1 amide bonds. The fourth-order valence-electron chi connectivity index (χ4n) is 3.08. The molecule has 1 aliphatic heterocycles. The number of ether oxygens (including phenoxy) is 1. The average Bonchev–Trinajstić information content (AvgIpc) is 2.65. The summed E-state index contributed by atoms with van der Waals surface area (Å²) in [6.07, 6.45) is 3.73. The molecule has 1 heterocycles. The van der Waals surface area contributed by atoms with E-state index in [1.165, 1.54) is 12.5 Å². The lowest BCUT2D eigenvalue weighted by molar-refractivity contribution is -0.115. The van der Waals surface area contributed by atoms with Gasteiger partial charge in [0.15, 0.2) is 0 Å². The molecule has 0 saturated carbocycles. The molecule has 1 fully saturated rings. The van der Waals surface area contributed by atoms with Crippen LogP contribution in [0.1, 0.15) is 24.8 Å². The molecule has 1 saturated heterocycles. The molecule has 2 aromatic carbocycles. The van der Waals surface area contributed by atoms with Gasteiger partial charge in [-0.2, -0.15) is 0 Å². The normalized spacial score (nSPS) is 14.2. The zero-order chi connectivity index (χ0) is 17.6. The summed E-state index contributed by atoms with van der Waals surface area (Å²) in [5.74, 6) is 0.0909. The maximum absolute atomic E-state index is 14.1. The van der Waals surface area contributed by atoms with Crippen LogP contribution in [-0.2, 0) is 11.2 Å². The number of halogens is 1. The highest BCUT2D eigenvalue weighted by atomic mass is 19.1. The van der Waals surface area contributed by atoms with Crippen molar-refractivity contribution in [1.82, 2.24) is 0 Å². The fraction of sp³-hybridized carbons (Fsp3) is 0.350. The zero-order valence-corrected chi connectivity index (χ0v) is 14.4. The number of amides is 1. The molecule has 0 unspecified atom stereocenters. The van der Waals surface area contributed by atoms with Crippen molar-refractivity contribution in [1.29, 1.82) is 0 Å². The second kappa shape index (κ2) is 8.01. The second-order valence-electron chi connectivity index (χ2n) is 6.28. The lowest BCUT2D eigenvalue weighted by Crippen LogP contribution is -2.29. The van der Waals surface area contributed by atoms with Crippen LogP contribution in [0.3, 0.4) is 0 Å². The minimum atomic E-state index is -0.413. The number of anilines is 2. The molecule has 3 rings (SSSR count). The smallest absolute Gasteiger partial charge is 0.228 e. The van der Waals surface area contributed by atoms with Crippen molar-refractivity contribution >= 4 is 17.3 Å². The van der Waals surface area contributed by atoms with E-state index < -0.39 is 5.82 Å². The van der Waals surface area contributed by atoms with Gasteiger partial charge >= 0.3 is 0 Å². The molecule has 0 bridgehead atoms. The molecule has 0 aliphatic carbocycles. The minimum Gasteiger partial charge on any atom is -0.497 e. The highest BCUT2D eigenvalue weighted by molar-refractivity contribution is 5.92. The number of piperidine rings is 1. The lowest BCUT2D eigenvalue weighted by Gasteiger charge is -2.29. The van der Waals surface area contributed by atoms with Gasteiger partial charge in [0.2, 0.25) is 5.91 Å². The standard InChI is InChI=1S/C20H23FN2O2/c1-25-17-8-5-15(6-9-17)13-20(24)22-19-14-16(7-10-18(19)21)23-11-3-2-4-12-23/h5-10,14H,2-4,11-13H2,1H3,(H,22,24). The van der Waals surface area contributed by atoms with Crippen molar-refractivity contribution in [2.75, 3.05) is 30.4 Å². The highest BCUT2D eigenvalue weighted by Crippen LogP contribution is 2.25. The summed E-state index contributed by atoms with van der Waals surface area (Å²) in [5.41, 5.74) is 2.05. The van der Waals surface area contributed by atoms with Crippen LogP contribution in [0.25, 0.3) is 0 Å². The molecule has 0 radical (unpaired) electrons. The first-order valence-electron chi connectivity index (χ1n) is 8.63. The van der Waals surface area contributed by atoms with Gasteiger partial charge in [0, 0.05) is 18.8 Å². The maximum Gasteiger partial charge on any atom is 0.228 e. The van der Waals surface area contributed by atoms with Crippen molar-refractivity contribution in [2.45, 2.75) is 25.7 Å². The first kappa shape index (κ1) is 17.3. The molecule has 1 aliphatic rings. The third-order valence-corrected chi connectivity index (χ3v) is 4.47. The van der Waals surface area contributed by atoms with E-state index in [9.17, 15) is 9.18 Å². The van der Waals surface area contributed by atoms with Crippen molar-refractivity contribution in [3.63, 3.8) is 0 Å². The van der Waals surface area contributed by atoms with E-state index in [2.05, 4.69) is 10.2 Å². The average molecular weight is 342 g/mol. The van der Waals surface area contributed by atoms with Gasteiger partial charge in [-0.1, -0.05) is 12.1 Å². The minimum absolute atomic E-state index is 0.192. The van der Waals surface area contributed by atoms with Gasteiger partial charge in [-0.05, 0) is 55.2 Å². The highest BCUT2D eigenvalue weighted by Gasteiger charge is 2.14. The van der Waals surface area contributed by atoms with E-state index >= 15 is 0 Å². The Labute approximate surface area is 147 Å². The number of hydrogen-bond acceptors (Lipinski definition) is 3. The Morgan fingerprint density at radius 3 is 2.52 bits per heavy atom. The van der Waals surface area contributed by atoms with E-state index in [-0.39, 0.29) is 18.0 Å². The van der Waals surface area contributed by atoms with Gasteiger partial charge in [-0.25, -0.2) is 4.39 Å². The topological polar surface area (TPSA) is 41.6 Å². The number of rotatable bonds is 5. The number of nitrogens with zero attached hydrogens (tertiary/aromatic N) is 1. The summed E-state index contributed by atoms with van der Waals surface area (Å²) in [7, 11) is 1.60. The van der Waals surface area contributed by atoms with Crippen molar-refractivity contribution in [3.05, 3.63) is 53.8 Å². The Bertz CT molecular complexity index is 725. The van der Waals surface area contributed by atoms with Gasteiger partial charge in [0.25, 0.3) is 0 Å². The van der Waals surface area contributed by atoms with Crippen molar-refractivity contribution in [2.24, 2.45) is 0 Å². The molecule has 132 valence electrons. The summed E-state index contributed by atoms with van der Waals surface area (Å²) in [5, 5.41) is 2.69. The third-order valence-electron chi connectivity index (χ3n) is 4.47. The lowest BCUT2D eigenvalue weighted by atomic mass is 10.1. The van der Waals surface area contributed by atoms with Gasteiger partial charge in [-0.3, -0.25) is 4.79 Å². The Morgan fingerprint density at radius 1 is 1.12 bits per heavy atom. The number of nitrogens with one attached hydrogen (secondary N) is 1. The Balaban J connectivity index is 1.67. The Kier molecular flexibility index (Phi) is 5.53. The first-order valence-corrected chi connectivity index (χ1v) is 8.63. The molecule has 0 atom stereocenters. The maximum atomic E-state index is 14.1. The van der Waals surface area contributed by atoms with Gasteiger partial charge in [0.05, 0.1) is 19.2 Å². The summed E-state index contributed by atoms with van der Waals surface area (Å²) < 4.78 is 19.2. The van der Waals surface area contributed by atoms with E-state index in [4.69, 9.17) is 4.74 Å². The van der Waals surface area contributed by atoms with Crippen molar-refractivity contribution < 1.29 is 13.9 Å². The van der Waals surface area contributed by atoms with Crippen LogP contribution in [0, 0.1) is 5.82 Å². The van der Waals surface area contributed by atoms with Gasteiger partial charge in [-0.15, -0.1) is 0 Å². The number of carbonyl (C=O) groups excluding carboxylic acids is 1. The predicted molar refractivity (Wildman–Crippen MR) is 97.8 cm³/mol. The molecular weight excluding hydrogens is 319 g/mol. The Morgan fingerprint density at radius 2 is 1.84 bits per heavy atom. The molecule has 1 N–H and O–H groups in total. The summed E-state index contributed by atoms with van der Waals surface area (Å²) in [4.78, 5) is 14.5. The van der Waals surface area contributed by atoms with Crippen LogP contribution < -0.4 is 15.0 Å². The van der Waals surface area contributed by atoms with E-state index in [1.54, 1.807) is 31.4 Å². The predicted octanol–water partition coefficient (Wildman–Crippen LogP) is 4.01. The SMILES string of the molecule is COc1ccc(CC(=O)Nc2cc(N3CCCCC3)ccc2F)cc1. The van der Waals surface area contributed by atoms with Crippen LogP contribution in [0.15, 0.2) is 42.5 Å². The molecule has 2 aromatic rings. The quantitative estimate of drug-likeness (QED) is 0.893. The third kappa shape index (κ3) is 4.50. The fourth-order valence-corrected chi connectivity index (χ4v) is 3.08. The van der Waals surface area contributed by atoms with E-state index in [0.29, 0.717) is 0 Å². The van der Waals surface area contributed by atoms with Crippen molar-refractivity contribution in [3.8, 4) is 5.75 Å². The van der Waals surface area contributed by atoms with Gasteiger partial charge < -0.3 is 15.0 Å². The van der Waals surface area contributed by atoms with E-state index in [1.807, 2.05) is 12.1 Å². The number of methoxy groups -OCH3 is 1. The number of benzene rings is 2. The monoisotopic (exact) mass is 342 g/mol. The van der Waals surface area contributed by atoms with E-state index in [0.717, 1.165) is 42.9 Å². The summed E-state index contributed by atoms with van der Waals surface area (Å²) in [6, 6.07) is 12.2.